The fourth-order valence-corrected chi connectivity index (χ4v) is 1.90. The number of H-pyrrole nitrogens is 1. The van der Waals surface area contributed by atoms with Crippen molar-refractivity contribution in [1.29, 1.82) is 0 Å². The summed E-state index contributed by atoms with van der Waals surface area (Å²) in [5.74, 6) is -0.0285. The van der Waals surface area contributed by atoms with E-state index in [-0.39, 0.29) is 96.2 Å². The Morgan fingerprint density at radius 3 is 2.61 bits per heavy atom. The van der Waals surface area contributed by atoms with E-state index in [0.717, 1.165) is 0 Å². The fraction of sp³-hybridized carbons (Fsp3) is 0.444. The summed E-state index contributed by atoms with van der Waals surface area (Å²) >= 11 is 0. The van der Waals surface area contributed by atoms with Crippen molar-refractivity contribution >= 4 is 83.8 Å². The van der Waals surface area contributed by atoms with Crippen LogP contribution in [0.4, 0.5) is 5.95 Å². The molecule has 0 fully saturated rings. The second-order valence-corrected chi connectivity index (χ2v) is 5.66. The quantitative estimate of drug-likeness (QED) is 0.236. The molecule has 2 aromatic heterocycles. The minimum atomic E-state index is -4.16. The maximum atomic E-state index is 11.5. The Labute approximate surface area is 174 Å². The van der Waals surface area contributed by atoms with Gasteiger partial charge in [0.15, 0.2) is 11.2 Å². The van der Waals surface area contributed by atoms with Gasteiger partial charge in [0.1, 0.15) is 13.1 Å². The van der Waals surface area contributed by atoms with E-state index in [9.17, 15) is 9.36 Å². The third kappa shape index (κ3) is 7.32. The molecule has 2 aromatic rings. The number of nitrogens with zero attached hydrogens (tertiary/aromatic N) is 3. The van der Waals surface area contributed by atoms with Crippen LogP contribution in [0.25, 0.3) is 11.2 Å². The average Bonchev–Trinajstić information content (AvgIpc) is 2.75. The Morgan fingerprint density at radius 2 is 1.96 bits per heavy atom. The van der Waals surface area contributed by atoms with E-state index in [4.69, 9.17) is 25.0 Å². The molecule has 2 rings (SSSR count). The van der Waals surface area contributed by atoms with Gasteiger partial charge in [-0.15, -0.1) is 0 Å². The molecule has 0 atom stereocenters. The molecule has 0 radical (unpaired) electrons. The van der Waals surface area contributed by atoms with Gasteiger partial charge < -0.3 is 25.0 Å². The van der Waals surface area contributed by atoms with Crippen LogP contribution in [-0.2, 0) is 20.8 Å². The third-order valence-corrected chi connectivity index (χ3v) is 2.87. The Kier molecular flexibility index (Phi) is 10.4. The number of aromatic amines is 1. The van der Waals surface area contributed by atoms with Crippen molar-refractivity contribution < 1.29 is 23.8 Å². The Hall–Kier alpha value is 0.220. The number of aromatic nitrogens is 4. The number of hydrogen-bond acceptors (Lipinski definition) is 7. The summed E-state index contributed by atoms with van der Waals surface area (Å²) in [5.41, 5.74) is 5.43. The zero-order valence-electron chi connectivity index (χ0n) is 10.8. The van der Waals surface area contributed by atoms with Crippen molar-refractivity contribution in [2.24, 2.45) is 0 Å². The van der Waals surface area contributed by atoms with Gasteiger partial charge in [-0.05, 0) is 0 Å². The number of fused-ring (bicyclic) bond motifs is 1. The van der Waals surface area contributed by atoms with Gasteiger partial charge in [-0.1, -0.05) is 0 Å². The number of rotatable bonds is 7. The van der Waals surface area contributed by atoms with E-state index >= 15 is 0 Å². The van der Waals surface area contributed by atoms with Crippen LogP contribution < -0.4 is 11.3 Å². The van der Waals surface area contributed by atoms with E-state index in [1.165, 1.54) is 10.9 Å². The first kappa shape index (κ1) is 23.2. The van der Waals surface area contributed by atoms with Crippen molar-refractivity contribution in [2.45, 2.75) is 6.73 Å². The summed E-state index contributed by atoms with van der Waals surface area (Å²) in [7, 11) is -4.16. The summed E-state index contributed by atoms with van der Waals surface area (Å²) in [4.78, 5) is 38.9. The number of hydrogen-bond donors (Lipinski definition) is 4. The molecule has 0 aromatic carbocycles. The van der Waals surface area contributed by atoms with Crippen molar-refractivity contribution in [1.82, 2.24) is 19.5 Å². The maximum absolute atomic E-state index is 11.5. The van der Waals surface area contributed by atoms with Crippen molar-refractivity contribution in [3.05, 3.63) is 16.7 Å². The van der Waals surface area contributed by atoms with Crippen LogP contribution in [0, 0.1) is 0 Å². The number of nitrogen functional groups attached to an aromatic ring is 1. The molecule has 120 valence electrons. The van der Waals surface area contributed by atoms with Crippen LogP contribution in [0.15, 0.2) is 11.1 Å². The molecule has 0 unspecified atom stereocenters. The van der Waals surface area contributed by atoms with Crippen LogP contribution in [0.2, 0.25) is 0 Å². The average molecular weight is 367 g/mol. The molecule has 0 saturated heterocycles. The van der Waals surface area contributed by atoms with Crippen LogP contribution in [0.3, 0.4) is 0 Å². The van der Waals surface area contributed by atoms with Crippen molar-refractivity contribution in [3.8, 4) is 0 Å². The zero-order chi connectivity index (χ0) is 15.5. The van der Waals surface area contributed by atoms with Crippen LogP contribution >= 0.6 is 7.60 Å². The van der Waals surface area contributed by atoms with Gasteiger partial charge in [0.2, 0.25) is 5.95 Å². The van der Waals surface area contributed by atoms with Gasteiger partial charge in [0, 0.05) is 0 Å². The molecule has 0 amide bonds. The molecule has 0 spiro atoms. The van der Waals surface area contributed by atoms with E-state index in [0.29, 0.717) is 0 Å². The molecule has 0 aliphatic carbocycles. The summed E-state index contributed by atoms with van der Waals surface area (Å²) < 4.78 is 22.0. The Balaban J connectivity index is 0.00000242. The second kappa shape index (κ2) is 10.3. The minimum absolute atomic E-state index is 0. The molecule has 0 saturated carbocycles. The van der Waals surface area contributed by atoms with Gasteiger partial charge >= 0.3 is 66.7 Å². The predicted molar refractivity (Wildman–Crippen MR) is 85.7 cm³/mol. The monoisotopic (exact) mass is 367 g/mol. The molecule has 0 aliphatic rings. The molecule has 23 heavy (non-hydrogen) atoms. The molecule has 2 heterocycles. The van der Waals surface area contributed by atoms with Crippen LogP contribution in [0.5, 0.6) is 0 Å². The summed E-state index contributed by atoms with van der Waals surface area (Å²) in [6.07, 6.45) is 0.723. The first-order chi connectivity index (χ1) is 9.87. The number of nitrogens with one attached hydrogen (secondary N) is 1. The Bertz CT molecular complexity index is 731. The standard InChI is InChI=1S/C9H14N5O6P.2Na.2H/c10-9-12-7-6(8(15)13-9)11-3-14(7)4-19-1-2-20-5-21(16,17)18;;;;/h3H,1-2,4-5H2,(H2,16,17,18)(H3,10,12,13,15);;;;. The topological polar surface area (TPSA) is 166 Å². The van der Waals surface area contributed by atoms with Gasteiger partial charge in [-0.2, -0.15) is 4.98 Å². The third-order valence-electron chi connectivity index (χ3n) is 2.35. The van der Waals surface area contributed by atoms with Gasteiger partial charge in [0.25, 0.3) is 5.56 Å². The summed E-state index contributed by atoms with van der Waals surface area (Å²) in [6, 6.07) is 0. The van der Waals surface area contributed by atoms with Gasteiger partial charge in [0.05, 0.1) is 19.5 Å². The van der Waals surface area contributed by atoms with E-state index in [1.54, 1.807) is 0 Å². The number of nitrogens with two attached hydrogens (primary N) is 1. The first-order valence-corrected chi connectivity index (χ1v) is 7.57. The molecular formula is C9H16N5Na2O6P. The van der Waals surface area contributed by atoms with Crippen molar-refractivity contribution in [2.75, 3.05) is 25.3 Å². The van der Waals surface area contributed by atoms with E-state index < -0.39 is 19.5 Å². The predicted octanol–water partition coefficient (Wildman–Crippen LogP) is -2.47. The normalized spacial score (nSPS) is 11.0. The van der Waals surface area contributed by atoms with E-state index in [2.05, 4.69) is 15.0 Å². The van der Waals surface area contributed by atoms with Gasteiger partial charge in [-0.3, -0.25) is 18.9 Å². The number of ether oxygens (including phenoxy) is 2. The molecule has 14 heteroatoms. The summed E-state index contributed by atoms with van der Waals surface area (Å²) in [5, 5.41) is 0. The van der Waals surface area contributed by atoms with Crippen LogP contribution in [-0.4, -0.2) is 108 Å². The second-order valence-electron chi connectivity index (χ2n) is 4.08. The first-order valence-electron chi connectivity index (χ1n) is 5.77. The fourth-order valence-electron chi connectivity index (χ4n) is 1.53. The molecule has 11 nitrogen and oxygen atoms in total. The molecular weight excluding hydrogens is 351 g/mol. The van der Waals surface area contributed by atoms with E-state index in [1.807, 2.05) is 0 Å². The zero-order valence-corrected chi connectivity index (χ0v) is 11.7. The number of imidazole rings is 1. The van der Waals surface area contributed by atoms with Crippen molar-refractivity contribution in [3.63, 3.8) is 0 Å². The summed E-state index contributed by atoms with van der Waals surface area (Å²) in [6.45, 7) is 0.178. The molecule has 5 N–H and O–H groups in total. The molecule has 0 bridgehead atoms. The molecule has 0 aliphatic heterocycles. The number of anilines is 1. The SMILES string of the molecule is Nc1nc2c(ncn2COCCOCP(=O)(O)O)c(=O)[nH]1.[NaH].[NaH]. The van der Waals surface area contributed by atoms with Gasteiger partial charge in [-0.25, -0.2) is 4.98 Å². The van der Waals surface area contributed by atoms with Crippen LogP contribution in [0.1, 0.15) is 0 Å². The Morgan fingerprint density at radius 1 is 1.30 bits per heavy atom.